The number of aromatic nitrogens is 1. The van der Waals surface area contributed by atoms with Crippen molar-refractivity contribution >= 4 is 40.9 Å². The van der Waals surface area contributed by atoms with Gasteiger partial charge in [-0.25, -0.2) is 9.78 Å². The minimum atomic E-state index is -1.01. The van der Waals surface area contributed by atoms with E-state index in [0.717, 1.165) is 0 Å². The van der Waals surface area contributed by atoms with E-state index in [0.29, 0.717) is 16.5 Å². The summed E-state index contributed by atoms with van der Waals surface area (Å²) in [5.74, 6) is -1.08. The Labute approximate surface area is 149 Å². The molecule has 1 atom stereocenters. The zero-order valence-electron chi connectivity index (χ0n) is 13.6. The quantitative estimate of drug-likeness (QED) is 0.798. The van der Waals surface area contributed by atoms with Gasteiger partial charge >= 0.3 is 5.97 Å². The van der Waals surface area contributed by atoms with Crippen LogP contribution in [0.5, 0.6) is 0 Å². The van der Waals surface area contributed by atoms with E-state index < -0.39 is 18.0 Å². The minimum absolute atomic E-state index is 0.212. The second kappa shape index (κ2) is 8.25. The number of benzene rings is 1. The van der Waals surface area contributed by atoms with Gasteiger partial charge in [-0.3, -0.25) is 9.59 Å². The summed E-state index contributed by atoms with van der Waals surface area (Å²) < 4.78 is 5.12. The molecule has 8 heteroatoms. The van der Waals surface area contributed by atoms with E-state index in [1.54, 1.807) is 18.2 Å². The first-order chi connectivity index (χ1) is 11.8. The normalized spacial score (nSPS) is 11.3. The van der Waals surface area contributed by atoms with Crippen molar-refractivity contribution in [2.75, 3.05) is 10.6 Å². The molecule has 2 amide bonds. The lowest BCUT2D eigenvalue weighted by Gasteiger charge is -2.13. The second-order valence-corrected chi connectivity index (χ2v) is 5.59. The van der Waals surface area contributed by atoms with Crippen LogP contribution in [0.4, 0.5) is 11.5 Å². The number of hydrogen-bond donors (Lipinski definition) is 2. The molecule has 1 aromatic carbocycles. The number of pyridine rings is 1. The SMILES string of the molecule is CC(=O)Nc1ccc(C(=O)OC(C)C(=O)Nc2ccc(Cl)cn2)cc1. The van der Waals surface area contributed by atoms with Gasteiger partial charge in [-0.1, -0.05) is 11.6 Å². The number of hydrogen-bond acceptors (Lipinski definition) is 5. The van der Waals surface area contributed by atoms with Crippen molar-refractivity contribution in [2.24, 2.45) is 0 Å². The van der Waals surface area contributed by atoms with Gasteiger partial charge in [0.1, 0.15) is 5.82 Å². The van der Waals surface area contributed by atoms with Crippen molar-refractivity contribution in [3.8, 4) is 0 Å². The standard InChI is InChI=1S/C17H16ClN3O4/c1-10(16(23)21-15-8-5-13(18)9-19-15)25-17(24)12-3-6-14(7-4-12)20-11(2)22/h3-10H,1-2H3,(H,20,22)(H,19,21,23). The topological polar surface area (TPSA) is 97.4 Å². The summed E-state index contributed by atoms with van der Waals surface area (Å²) in [6, 6.07) is 9.26. The van der Waals surface area contributed by atoms with Crippen LogP contribution in [-0.4, -0.2) is 28.9 Å². The maximum absolute atomic E-state index is 12.1. The van der Waals surface area contributed by atoms with Crippen molar-refractivity contribution in [1.29, 1.82) is 0 Å². The fraction of sp³-hybridized carbons (Fsp3) is 0.176. The number of carbonyl (C=O) groups excluding carboxylic acids is 3. The van der Waals surface area contributed by atoms with Crippen molar-refractivity contribution in [3.63, 3.8) is 0 Å². The van der Waals surface area contributed by atoms with Crippen LogP contribution in [0.1, 0.15) is 24.2 Å². The number of halogens is 1. The Kier molecular flexibility index (Phi) is 6.08. The largest absolute Gasteiger partial charge is 0.449 e. The molecule has 0 spiro atoms. The van der Waals surface area contributed by atoms with E-state index in [4.69, 9.17) is 16.3 Å². The first-order valence-corrected chi connectivity index (χ1v) is 7.74. The molecule has 0 fully saturated rings. The Balaban J connectivity index is 1.93. The summed E-state index contributed by atoms with van der Waals surface area (Å²) in [6.07, 6.45) is 0.379. The Hall–Kier alpha value is -2.93. The van der Waals surface area contributed by atoms with Crippen molar-refractivity contribution < 1.29 is 19.1 Å². The van der Waals surface area contributed by atoms with Gasteiger partial charge in [-0.05, 0) is 43.3 Å². The summed E-state index contributed by atoms with van der Waals surface area (Å²) in [4.78, 5) is 39.0. The molecule has 0 aliphatic carbocycles. The van der Waals surface area contributed by atoms with Gasteiger partial charge in [-0.2, -0.15) is 0 Å². The van der Waals surface area contributed by atoms with Crippen LogP contribution in [0.25, 0.3) is 0 Å². The summed E-state index contributed by atoms with van der Waals surface area (Å²) >= 11 is 5.72. The highest BCUT2D eigenvalue weighted by Crippen LogP contribution is 2.13. The predicted molar refractivity (Wildman–Crippen MR) is 93.5 cm³/mol. The number of rotatable bonds is 5. The zero-order valence-corrected chi connectivity index (χ0v) is 14.3. The molecule has 130 valence electrons. The van der Waals surface area contributed by atoms with Crippen molar-refractivity contribution in [2.45, 2.75) is 20.0 Å². The highest BCUT2D eigenvalue weighted by molar-refractivity contribution is 6.30. The van der Waals surface area contributed by atoms with E-state index >= 15 is 0 Å². The number of amides is 2. The lowest BCUT2D eigenvalue weighted by Crippen LogP contribution is -2.30. The molecular formula is C17H16ClN3O4. The number of nitrogens with zero attached hydrogens (tertiary/aromatic N) is 1. The lowest BCUT2D eigenvalue weighted by molar-refractivity contribution is -0.123. The van der Waals surface area contributed by atoms with Crippen LogP contribution >= 0.6 is 11.6 Å². The fourth-order valence-corrected chi connectivity index (χ4v) is 1.96. The lowest BCUT2D eigenvalue weighted by atomic mass is 10.2. The van der Waals surface area contributed by atoms with Gasteiger partial charge in [0.05, 0.1) is 10.6 Å². The maximum Gasteiger partial charge on any atom is 0.338 e. The Morgan fingerprint density at radius 3 is 2.32 bits per heavy atom. The van der Waals surface area contributed by atoms with E-state index in [1.165, 1.54) is 38.2 Å². The molecule has 0 aliphatic heterocycles. The Morgan fingerprint density at radius 2 is 1.76 bits per heavy atom. The first-order valence-electron chi connectivity index (χ1n) is 7.36. The Bertz CT molecular complexity index is 775. The average Bonchev–Trinajstić information content (AvgIpc) is 2.57. The minimum Gasteiger partial charge on any atom is -0.449 e. The maximum atomic E-state index is 12.1. The van der Waals surface area contributed by atoms with Crippen LogP contribution in [0.2, 0.25) is 5.02 Å². The molecule has 0 radical (unpaired) electrons. The highest BCUT2D eigenvalue weighted by atomic mass is 35.5. The molecule has 1 aromatic heterocycles. The zero-order chi connectivity index (χ0) is 18.4. The number of ether oxygens (including phenoxy) is 1. The summed E-state index contributed by atoms with van der Waals surface area (Å²) in [5.41, 5.74) is 0.821. The van der Waals surface area contributed by atoms with Crippen molar-refractivity contribution in [3.05, 3.63) is 53.2 Å². The third kappa shape index (κ3) is 5.58. The number of nitrogens with one attached hydrogen (secondary N) is 2. The third-order valence-corrected chi connectivity index (χ3v) is 3.30. The summed E-state index contributed by atoms with van der Waals surface area (Å²) in [6.45, 7) is 2.84. The van der Waals surface area contributed by atoms with E-state index in [2.05, 4.69) is 15.6 Å². The smallest absolute Gasteiger partial charge is 0.338 e. The predicted octanol–water partition coefficient (Wildman–Crippen LogP) is 2.88. The summed E-state index contributed by atoms with van der Waals surface area (Å²) in [5, 5.41) is 5.56. The molecule has 25 heavy (non-hydrogen) atoms. The van der Waals surface area contributed by atoms with Crippen LogP contribution in [0.15, 0.2) is 42.6 Å². The molecule has 0 saturated carbocycles. The van der Waals surface area contributed by atoms with Gasteiger partial charge in [0.2, 0.25) is 5.91 Å². The van der Waals surface area contributed by atoms with Gasteiger partial charge in [0, 0.05) is 18.8 Å². The molecule has 2 N–H and O–H groups in total. The molecule has 0 bridgehead atoms. The van der Waals surface area contributed by atoms with Gasteiger partial charge in [0.15, 0.2) is 6.10 Å². The highest BCUT2D eigenvalue weighted by Gasteiger charge is 2.19. The van der Waals surface area contributed by atoms with Crippen LogP contribution in [0, 0.1) is 0 Å². The first kappa shape index (κ1) is 18.4. The average molecular weight is 362 g/mol. The molecular weight excluding hydrogens is 346 g/mol. The van der Waals surface area contributed by atoms with E-state index in [-0.39, 0.29) is 11.5 Å². The number of carbonyl (C=O) groups is 3. The van der Waals surface area contributed by atoms with Crippen LogP contribution in [-0.2, 0) is 14.3 Å². The molecule has 1 heterocycles. The fourth-order valence-electron chi connectivity index (χ4n) is 1.85. The Morgan fingerprint density at radius 1 is 1.08 bits per heavy atom. The molecule has 2 rings (SSSR count). The van der Waals surface area contributed by atoms with E-state index in [9.17, 15) is 14.4 Å². The van der Waals surface area contributed by atoms with E-state index in [1.807, 2.05) is 0 Å². The number of esters is 1. The number of anilines is 2. The molecule has 0 aliphatic rings. The monoisotopic (exact) mass is 361 g/mol. The second-order valence-electron chi connectivity index (χ2n) is 5.16. The third-order valence-electron chi connectivity index (χ3n) is 3.07. The molecule has 1 unspecified atom stereocenters. The summed E-state index contributed by atoms with van der Waals surface area (Å²) in [7, 11) is 0. The van der Waals surface area contributed by atoms with Crippen LogP contribution < -0.4 is 10.6 Å². The molecule has 7 nitrogen and oxygen atoms in total. The van der Waals surface area contributed by atoms with Crippen molar-refractivity contribution in [1.82, 2.24) is 4.98 Å². The molecule has 0 saturated heterocycles. The molecule has 2 aromatic rings. The van der Waals surface area contributed by atoms with Gasteiger partial charge in [-0.15, -0.1) is 0 Å². The van der Waals surface area contributed by atoms with Crippen LogP contribution in [0.3, 0.4) is 0 Å². The van der Waals surface area contributed by atoms with Gasteiger partial charge < -0.3 is 15.4 Å². The van der Waals surface area contributed by atoms with Gasteiger partial charge in [0.25, 0.3) is 5.91 Å².